The fraction of sp³-hybridized carbons (Fsp3) is 0.333. The van der Waals surface area contributed by atoms with Crippen molar-refractivity contribution in [2.75, 3.05) is 13.2 Å². The van der Waals surface area contributed by atoms with Gasteiger partial charge in [0.2, 0.25) is 5.88 Å². The van der Waals surface area contributed by atoms with E-state index in [1.165, 1.54) is 6.42 Å². The molecule has 2 heterocycles. The Bertz CT molecular complexity index is 627. The highest BCUT2D eigenvalue weighted by atomic mass is 16.5. The van der Waals surface area contributed by atoms with E-state index < -0.39 is 0 Å². The molecule has 19 heavy (non-hydrogen) atoms. The summed E-state index contributed by atoms with van der Waals surface area (Å²) in [5.74, 6) is 0.531. The van der Waals surface area contributed by atoms with Gasteiger partial charge in [-0.05, 0) is 25.5 Å². The molecule has 1 aliphatic rings. The highest BCUT2D eigenvalue weighted by molar-refractivity contribution is 5.85. The van der Waals surface area contributed by atoms with Crippen LogP contribution in [0.25, 0.3) is 10.9 Å². The van der Waals surface area contributed by atoms with E-state index in [1.54, 1.807) is 6.07 Å². The van der Waals surface area contributed by atoms with Crippen molar-refractivity contribution in [3.63, 3.8) is 0 Å². The maximum absolute atomic E-state index is 9.19. The average molecular weight is 253 g/mol. The van der Waals surface area contributed by atoms with Crippen LogP contribution in [0.1, 0.15) is 18.4 Å². The number of nitrogens with zero attached hydrogens (tertiary/aromatic N) is 2. The molecule has 0 bridgehead atoms. The average Bonchev–Trinajstić information content (AvgIpc) is 2.97. The summed E-state index contributed by atoms with van der Waals surface area (Å²) in [6, 6.07) is 12.0. The molecule has 0 spiro atoms. The Hall–Kier alpha value is -2.12. The second-order valence-corrected chi connectivity index (χ2v) is 4.74. The van der Waals surface area contributed by atoms with Crippen molar-refractivity contribution in [1.82, 2.24) is 10.3 Å². The summed E-state index contributed by atoms with van der Waals surface area (Å²) >= 11 is 0. The van der Waals surface area contributed by atoms with E-state index >= 15 is 0 Å². The molecule has 2 aromatic rings. The molecule has 1 aromatic carbocycles. The van der Waals surface area contributed by atoms with Crippen molar-refractivity contribution >= 4 is 10.9 Å². The number of para-hydroxylation sites is 1. The zero-order chi connectivity index (χ0) is 13.1. The molecule has 1 atom stereocenters. The summed E-state index contributed by atoms with van der Waals surface area (Å²) < 4.78 is 5.72. The Morgan fingerprint density at radius 1 is 1.42 bits per heavy atom. The molecule has 0 aliphatic carbocycles. The smallest absolute Gasteiger partial charge is 0.215 e. The molecule has 0 amide bonds. The van der Waals surface area contributed by atoms with Crippen LogP contribution in [0, 0.1) is 11.3 Å². The molecule has 0 radical (unpaired) electrons. The van der Waals surface area contributed by atoms with Gasteiger partial charge in [0.25, 0.3) is 0 Å². The van der Waals surface area contributed by atoms with Gasteiger partial charge in [0.15, 0.2) is 0 Å². The summed E-state index contributed by atoms with van der Waals surface area (Å²) in [6.07, 6.45) is 2.33. The van der Waals surface area contributed by atoms with Crippen molar-refractivity contribution < 1.29 is 4.74 Å². The Balaban J connectivity index is 1.85. The first-order valence-electron chi connectivity index (χ1n) is 6.53. The SMILES string of the molecule is N#Cc1cc(OCC2CCCN2)nc2ccccc12. The molecule has 1 aliphatic heterocycles. The van der Waals surface area contributed by atoms with Crippen LogP contribution in [-0.2, 0) is 0 Å². The van der Waals surface area contributed by atoms with Gasteiger partial charge in [0, 0.05) is 17.5 Å². The Morgan fingerprint density at radius 2 is 2.32 bits per heavy atom. The van der Waals surface area contributed by atoms with Crippen LogP contribution in [0.5, 0.6) is 5.88 Å². The van der Waals surface area contributed by atoms with Crippen LogP contribution < -0.4 is 10.1 Å². The molecule has 4 heteroatoms. The molecule has 3 rings (SSSR count). The monoisotopic (exact) mass is 253 g/mol. The maximum Gasteiger partial charge on any atom is 0.215 e. The van der Waals surface area contributed by atoms with Gasteiger partial charge >= 0.3 is 0 Å². The zero-order valence-corrected chi connectivity index (χ0v) is 10.6. The summed E-state index contributed by atoms with van der Waals surface area (Å²) in [7, 11) is 0. The lowest BCUT2D eigenvalue weighted by atomic mass is 10.1. The summed E-state index contributed by atoms with van der Waals surface area (Å²) in [4.78, 5) is 4.44. The highest BCUT2D eigenvalue weighted by Gasteiger charge is 2.15. The first kappa shape index (κ1) is 11.9. The minimum atomic E-state index is 0.402. The van der Waals surface area contributed by atoms with Crippen molar-refractivity contribution in [1.29, 1.82) is 5.26 Å². The van der Waals surface area contributed by atoms with E-state index in [2.05, 4.69) is 16.4 Å². The van der Waals surface area contributed by atoms with Crippen LogP contribution in [-0.4, -0.2) is 24.2 Å². The van der Waals surface area contributed by atoms with Crippen LogP contribution in [0.2, 0.25) is 0 Å². The minimum absolute atomic E-state index is 0.402. The first-order valence-corrected chi connectivity index (χ1v) is 6.53. The lowest BCUT2D eigenvalue weighted by Gasteiger charge is -2.12. The van der Waals surface area contributed by atoms with Gasteiger partial charge in [0.1, 0.15) is 12.7 Å². The molecule has 0 saturated carbocycles. The molecule has 1 saturated heterocycles. The van der Waals surface area contributed by atoms with Gasteiger partial charge in [-0.2, -0.15) is 5.26 Å². The minimum Gasteiger partial charge on any atom is -0.476 e. The lowest BCUT2D eigenvalue weighted by molar-refractivity contribution is 0.268. The van der Waals surface area contributed by atoms with Crippen molar-refractivity contribution in [3.8, 4) is 11.9 Å². The van der Waals surface area contributed by atoms with Crippen LogP contribution >= 0.6 is 0 Å². The first-order chi connectivity index (χ1) is 9.36. The van der Waals surface area contributed by atoms with E-state index in [0.717, 1.165) is 23.9 Å². The zero-order valence-electron chi connectivity index (χ0n) is 10.6. The van der Waals surface area contributed by atoms with Gasteiger partial charge in [-0.25, -0.2) is 4.98 Å². The maximum atomic E-state index is 9.19. The molecule has 4 nitrogen and oxygen atoms in total. The van der Waals surface area contributed by atoms with E-state index in [1.807, 2.05) is 24.3 Å². The molecule has 1 unspecified atom stereocenters. The van der Waals surface area contributed by atoms with Crippen LogP contribution in [0.3, 0.4) is 0 Å². The summed E-state index contributed by atoms with van der Waals surface area (Å²) in [5.41, 5.74) is 1.41. The largest absolute Gasteiger partial charge is 0.476 e. The molecule has 1 fully saturated rings. The number of ether oxygens (including phenoxy) is 1. The van der Waals surface area contributed by atoms with Gasteiger partial charge in [0.05, 0.1) is 11.1 Å². The number of nitriles is 1. The quantitative estimate of drug-likeness (QED) is 0.911. The van der Waals surface area contributed by atoms with Gasteiger partial charge < -0.3 is 10.1 Å². The fourth-order valence-corrected chi connectivity index (χ4v) is 2.40. The van der Waals surface area contributed by atoms with E-state index in [0.29, 0.717) is 24.1 Å². The second-order valence-electron chi connectivity index (χ2n) is 4.74. The second kappa shape index (κ2) is 5.25. The number of aromatic nitrogens is 1. The Kier molecular flexibility index (Phi) is 3.30. The molecule has 96 valence electrons. The predicted octanol–water partition coefficient (Wildman–Crippen LogP) is 2.24. The standard InChI is InChI=1S/C15H15N3O/c16-9-11-8-15(19-10-12-4-3-7-17-12)18-14-6-2-1-5-13(11)14/h1-2,5-6,8,12,17H,3-4,7,10H2. The van der Waals surface area contributed by atoms with Gasteiger partial charge in [-0.3, -0.25) is 0 Å². The number of nitrogens with one attached hydrogen (secondary N) is 1. The topological polar surface area (TPSA) is 57.9 Å². The Labute approximate surface area is 112 Å². The summed E-state index contributed by atoms with van der Waals surface area (Å²) in [5, 5.41) is 13.4. The van der Waals surface area contributed by atoms with E-state index in [-0.39, 0.29) is 0 Å². The van der Waals surface area contributed by atoms with Crippen molar-refractivity contribution in [3.05, 3.63) is 35.9 Å². The number of hydrogen-bond donors (Lipinski definition) is 1. The third-order valence-electron chi connectivity index (χ3n) is 3.41. The molecule has 1 N–H and O–H groups in total. The number of pyridine rings is 1. The van der Waals surface area contributed by atoms with Crippen molar-refractivity contribution in [2.24, 2.45) is 0 Å². The van der Waals surface area contributed by atoms with E-state index in [4.69, 9.17) is 4.74 Å². The summed E-state index contributed by atoms with van der Waals surface area (Å²) in [6.45, 7) is 1.67. The van der Waals surface area contributed by atoms with Crippen LogP contribution in [0.15, 0.2) is 30.3 Å². The van der Waals surface area contributed by atoms with Gasteiger partial charge in [-0.15, -0.1) is 0 Å². The Morgan fingerprint density at radius 3 is 3.11 bits per heavy atom. The normalized spacial score (nSPS) is 18.4. The molecular weight excluding hydrogens is 238 g/mol. The van der Waals surface area contributed by atoms with Crippen molar-refractivity contribution in [2.45, 2.75) is 18.9 Å². The number of hydrogen-bond acceptors (Lipinski definition) is 4. The number of fused-ring (bicyclic) bond motifs is 1. The van der Waals surface area contributed by atoms with Gasteiger partial charge in [-0.1, -0.05) is 18.2 Å². The predicted molar refractivity (Wildman–Crippen MR) is 73.0 cm³/mol. The fourth-order valence-electron chi connectivity index (χ4n) is 2.40. The third kappa shape index (κ3) is 2.51. The number of benzene rings is 1. The van der Waals surface area contributed by atoms with E-state index in [9.17, 15) is 5.26 Å². The highest BCUT2D eigenvalue weighted by Crippen LogP contribution is 2.21. The lowest BCUT2D eigenvalue weighted by Crippen LogP contribution is -2.28. The number of rotatable bonds is 3. The molecule has 1 aromatic heterocycles. The van der Waals surface area contributed by atoms with Crippen LogP contribution in [0.4, 0.5) is 0 Å². The third-order valence-corrected chi connectivity index (χ3v) is 3.41. The molecular formula is C15H15N3O.